The minimum absolute atomic E-state index is 0.00575. The molecule has 1 saturated carbocycles. The first-order chi connectivity index (χ1) is 8.05. The molecule has 2 nitrogen and oxygen atoms in total. The van der Waals surface area contributed by atoms with Gasteiger partial charge in [-0.1, -0.05) is 32.9 Å². The first-order valence-corrected chi connectivity index (χ1v) is 6.46. The lowest BCUT2D eigenvalue weighted by Crippen LogP contribution is -2.47. The topological polar surface area (TPSA) is 29.5 Å². The van der Waals surface area contributed by atoms with Crippen molar-refractivity contribution in [2.24, 2.45) is 5.41 Å². The monoisotopic (exact) mass is 234 g/mol. The fraction of sp³-hybridized carbons (Fsp3) is 0.600. The molecular weight excluding hydrogens is 212 g/mol. The van der Waals surface area contributed by atoms with E-state index in [4.69, 9.17) is 4.74 Å². The summed E-state index contributed by atoms with van der Waals surface area (Å²) < 4.78 is 5.57. The number of benzene rings is 1. The molecule has 1 aliphatic carbocycles. The van der Waals surface area contributed by atoms with Crippen LogP contribution in [-0.4, -0.2) is 17.8 Å². The third kappa shape index (κ3) is 2.32. The van der Waals surface area contributed by atoms with Crippen molar-refractivity contribution in [3.63, 3.8) is 0 Å². The van der Waals surface area contributed by atoms with Crippen LogP contribution in [0.5, 0.6) is 5.75 Å². The highest BCUT2D eigenvalue weighted by atomic mass is 16.5. The molecule has 0 amide bonds. The Morgan fingerprint density at radius 2 is 1.94 bits per heavy atom. The highest BCUT2D eigenvalue weighted by Crippen LogP contribution is 2.52. The van der Waals surface area contributed by atoms with E-state index in [1.165, 1.54) is 5.56 Å². The van der Waals surface area contributed by atoms with E-state index < -0.39 is 0 Å². The largest absolute Gasteiger partial charge is 0.494 e. The fourth-order valence-electron chi connectivity index (χ4n) is 2.48. The predicted octanol–water partition coefficient (Wildman–Crippen LogP) is 3.35. The Kier molecular flexibility index (Phi) is 3.43. The van der Waals surface area contributed by atoms with E-state index in [1.807, 2.05) is 12.1 Å². The van der Waals surface area contributed by atoms with E-state index in [0.29, 0.717) is 5.92 Å². The molecule has 1 aromatic rings. The number of rotatable bonds is 4. The van der Waals surface area contributed by atoms with Gasteiger partial charge in [0.25, 0.3) is 0 Å². The standard InChI is InChI=1S/C15H22O2/c1-4-9-17-12-7-5-11(6-8-12)13-10-14(16)15(13,2)3/h5-8,13-14,16H,4,9-10H2,1-3H3. The average Bonchev–Trinajstić information content (AvgIpc) is 2.34. The van der Waals surface area contributed by atoms with Crippen LogP contribution in [0.1, 0.15) is 45.1 Å². The van der Waals surface area contributed by atoms with Crippen molar-refractivity contribution in [2.45, 2.75) is 45.6 Å². The van der Waals surface area contributed by atoms with Crippen molar-refractivity contribution in [3.05, 3.63) is 29.8 Å². The second-order valence-electron chi connectivity index (χ2n) is 5.54. The van der Waals surface area contributed by atoms with Crippen LogP contribution in [0, 0.1) is 5.41 Å². The minimum atomic E-state index is -0.163. The van der Waals surface area contributed by atoms with Crippen molar-refractivity contribution in [2.75, 3.05) is 6.61 Å². The zero-order valence-corrected chi connectivity index (χ0v) is 10.9. The van der Waals surface area contributed by atoms with E-state index in [0.717, 1.165) is 25.2 Å². The van der Waals surface area contributed by atoms with E-state index >= 15 is 0 Å². The summed E-state index contributed by atoms with van der Waals surface area (Å²) >= 11 is 0. The van der Waals surface area contributed by atoms with Crippen LogP contribution in [0.15, 0.2) is 24.3 Å². The molecule has 2 heteroatoms. The summed E-state index contributed by atoms with van der Waals surface area (Å²) in [5.41, 5.74) is 1.32. The molecule has 1 fully saturated rings. The summed E-state index contributed by atoms with van der Waals surface area (Å²) in [6.07, 6.45) is 1.75. The molecule has 1 aromatic carbocycles. The van der Waals surface area contributed by atoms with Gasteiger partial charge < -0.3 is 9.84 Å². The Bertz CT molecular complexity index is 367. The van der Waals surface area contributed by atoms with Gasteiger partial charge in [0.1, 0.15) is 5.75 Å². The highest BCUT2D eigenvalue weighted by Gasteiger charge is 2.47. The molecule has 0 heterocycles. The van der Waals surface area contributed by atoms with Gasteiger partial charge in [0, 0.05) is 0 Å². The average molecular weight is 234 g/mol. The van der Waals surface area contributed by atoms with Gasteiger partial charge in [-0.3, -0.25) is 0 Å². The zero-order chi connectivity index (χ0) is 12.5. The van der Waals surface area contributed by atoms with Gasteiger partial charge in [0.15, 0.2) is 0 Å². The number of aliphatic hydroxyl groups is 1. The molecule has 0 saturated heterocycles. The van der Waals surface area contributed by atoms with Crippen LogP contribution in [0.3, 0.4) is 0 Å². The minimum Gasteiger partial charge on any atom is -0.494 e. The molecule has 2 rings (SSSR count). The first-order valence-electron chi connectivity index (χ1n) is 6.46. The summed E-state index contributed by atoms with van der Waals surface area (Å²) in [6, 6.07) is 8.32. The van der Waals surface area contributed by atoms with Crippen molar-refractivity contribution in [3.8, 4) is 5.75 Å². The van der Waals surface area contributed by atoms with Gasteiger partial charge >= 0.3 is 0 Å². The third-order valence-electron chi connectivity index (χ3n) is 3.97. The Hall–Kier alpha value is -1.02. The van der Waals surface area contributed by atoms with Gasteiger partial charge in [-0.25, -0.2) is 0 Å². The van der Waals surface area contributed by atoms with Crippen molar-refractivity contribution in [1.29, 1.82) is 0 Å². The van der Waals surface area contributed by atoms with Crippen molar-refractivity contribution < 1.29 is 9.84 Å². The van der Waals surface area contributed by atoms with Gasteiger partial charge in [0.2, 0.25) is 0 Å². The van der Waals surface area contributed by atoms with Gasteiger partial charge in [0.05, 0.1) is 12.7 Å². The Morgan fingerprint density at radius 1 is 1.29 bits per heavy atom. The fourth-order valence-corrected chi connectivity index (χ4v) is 2.48. The maximum atomic E-state index is 9.75. The maximum absolute atomic E-state index is 9.75. The van der Waals surface area contributed by atoms with Crippen LogP contribution in [-0.2, 0) is 0 Å². The first kappa shape index (κ1) is 12.4. The van der Waals surface area contributed by atoms with Gasteiger partial charge in [-0.2, -0.15) is 0 Å². The van der Waals surface area contributed by atoms with E-state index in [9.17, 15) is 5.11 Å². The number of ether oxygens (including phenoxy) is 1. The van der Waals surface area contributed by atoms with Crippen LogP contribution >= 0.6 is 0 Å². The maximum Gasteiger partial charge on any atom is 0.119 e. The summed E-state index contributed by atoms with van der Waals surface area (Å²) in [5, 5.41) is 9.75. The Balaban J connectivity index is 2.04. The van der Waals surface area contributed by atoms with Crippen molar-refractivity contribution in [1.82, 2.24) is 0 Å². The Morgan fingerprint density at radius 3 is 2.41 bits per heavy atom. The lowest BCUT2D eigenvalue weighted by atomic mass is 9.58. The van der Waals surface area contributed by atoms with Crippen molar-refractivity contribution >= 4 is 0 Å². The molecular formula is C15H22O2. The molecule has 0 aromatic heterocycles. The summed E-state index contributed by atoms with van der Waals surface area (Å²) in [6.45, 7) is 7.14. The molecule has 1 N–H and O–H groups in total. The smallest absolute Gasteiger partial charge is 0.119 e. The zero-order valence-electron chi connectivity index (χ0n) is 10.9. The third-order valence-corrected chi connectivity index (χ3v) is 3.97. The summed E-state index contributed by atoms with van der Waals surface area (Å²) in [7, 11) is 0. The van der Waals surface area contributed by atoms with Crippen LogP contribution in [0.25, 0.3) is 0 Å². The molecule has 0 aliphatic heterocycles. The van der Waals surface area contributed by atoms with Crippen LogP contribution in [0.2, 0.25) is 0 Å². The lowest BCUT2D eigenvalue weighted by molar-refractivity contribution is -0.0625. The molecule has 1 aliphatic rings. The normalized spacial score (nSPS) is 26.4. The van der Waals surface area contributed by atoms with E-state index in [-0.39, 0.29) is 11.5 Å². The molecule has 2 atom stereocenters. The summed E-state index contributed by atoms with van der Waals surface area (Å²) in [5.74, 6) is 1.41. The molecule has 0 spiro atoms. The lowest BCUT2D eigenvalue weighted by Gasteiger charge is -2.49. The second kappa shape index (κ2) is 4.69. The van der Waals surface area contributed by atoms with Crippen LogP contribution in [0.4, 0.5) is 0 Å². The molecule has 94 valence electrons. The second-order valence-corrected chi connectivity index (χ2v) is 5.54. The predicted molar refractivity (Wildman–Crippen MR) is 69.4 cm³/mol. The molecule has 17 heavy (non-hydrogen) atoms. The van der Waals surface area contributed by atoms with Gasteiger partial charge in [-0.15, -0.1) is 0 Å². The molecule has 0 bridgehead atoms. The Labute approximate surface area is 104 Å². The number of hydrogen-bond acceptors (Lipinski definition) is 2. The highest BCUT2D eigenvalue weighted by molar-refractivity contribution is 5.32. The summed E-state index contributed by atoms with van der Waals surface area (Å²) in [4.78, 5) is 0. The van der Waals surface area contributed by atoms with Gasteiger partial charge in [-0.05, 0) is 41.9 Å². The molecule has 0 radical (unpaired) electrons. The number of hydrogen-bond donors (Lipinski definition) is 1. The quantitative estimate of drug-likeness (QED) is 0.865. The van der Waals surface area contributed by atoms with Crippen LogP contribution < -0.4 is 4.74 Å². The van der Waals surface area contributed by atoms with E-state index in [1.54, 1.807) is 0 Å². The number of aliphatic hydroxyl groups excluding tert-OH is 1. The van der Waals surface area contributed by atoms with E-state index in [2.05, 4.69) is 32.9 Å². The SMILES string of the molecule is CCCOc1ccc(C2CC(O)C2(C)C)cc1. The molecule has 2 unspecified atom stereocenters.